The molecular formula is C15H32N2O. The van der Waals surface area contributed by atoms with Crippen LogP contribution >= 0.6 is 0 Å². The highest BCUT2D eigenvalue weighted by molar-refractivity contribution is 4.75. The molecule has 108 valence electrons. The molecule has 1 fully saturated rings. The number of likely N-dealkylation sites (tertiary alicyclic amines) is 1. The zero-order valence-electron chi connectivity index (χ0n) is 12.6. The molecule has 1 heterocycles. The Bertz CT molecular complexity index is 199. The van der Waals surface area contributed by atoms with Crippen LogP contribution in [-0.4, -0.2) is 50.8 Å². The van der Waals surface area contributed by atoms with E-state index in [2.05, 4.69) is 24.1 Å². The predicted octanol–water partition coefficient (Wildman–Crippen LogP) is 2.51. The monoisotopic (exact) mass is 256 g/mol. The van der Waals surface area contributed by atoms with Crippen LogP contribution in [0, 0.1) is 5.92 Å². The van der Waals surface area contributed by atoms with Gasteiger partial charge in [0.25, 0.3) is 0 Å². The third-order valence-electron chi connectivity index (χ3n) is 4.22. The van der Waals surface area contributed by atoms with Crippen LogP contribution in [0.15, 0.2) is 0 Å². The Morgan fingerprint density at radius 1 is 1.33 bits per heavy atom. The fourth-order valence-corrected chi connectivity index (χ4v) is 2.82. The molecule has 1 aliphatic heterocycles. The summed E-state index contributed by atoms with van der Waals surface area (Å²) in [4.78, 5) is 2.67. The van der Waals surface area contributed by atoms with E-state index in [4.69, 9.17) is 4.74 Å². The van der Waals surface area contributed by atoms with Gasteiger partial charge < -0.3 is 10.1 Å². The molecule has 0 radical (unpaired) electrons. The molecule has 2 unspecified atom stereocenters. The minimum Gasteiger partial charge on any atom is -0.385 e. The third kappa shape index (κ3) is 6.17. The molecule has 0 amide bonds. The van der Waals surface area contributed by atoms with Gasteiger partial charge in [0.1, 0.15) is 0 Å². The Morgan fingerprint density at radius 2 is 2.17 bits per heavy atom. The van der Waals surface area contributed by atoms with E-state index >= 15 is 0 Å². The lowest BCUT2D eigenvalue weighted by molar-refractivity contribution is 0.188. The SMILES string of the molecule is CCC1CCCN(C(C)CNCCCOC)CC1. The lowest BCUT2D eigenvalue weighted by Crippen LogP contribution is -2.41. The number of methoxy groups -OCH3 is 1. The summed E-state index contributed by atoms with van der Waals surface area (Å²) in [7, 11) is 1.77. The van der Waals surface area contributed by atoms with E-state index in [9.17, 15) is 0 Å². The Kier molecular flexibility index (Phi) is 8.64. The molecule has 0 saturated carbocycles. The van der Waals surface area contributed by atoms with Crippen molar-refractivity contribution in [2.45, 2.75) is 52.0 Å². The van der Waals surface area contributed by atoms with Crippen LogP contribution in [0.3, 0.4) is 0 Å². The zero-order chi connectivity index (χ0) is 13.2. The molecule has 0 aromatic rings. The molecule has 3 nitrogen and oxygen atoms in total. The lowest BCUT2D eigenvalue weighted by Gasteiger charge is -2.28. The van der Waals surface area contributed by atoms with Crippen LogP contribution in [0.2, 0.25) is 0 Å². The maximum atomic E-state index is 5.06. The summed E-state index contributed by atoms with van der Waals surface area (Å²) in [5.41, 5.74) is 0. The number of nitrogens with one attached hydrogen (secondary N) is 1. The van der Waals surface area contributed by atoms with Gasteiger partial charge in [0.2, 0.25) is 0 Å². The summed E-state index contributed by atoms with van der Waals surface area (Å²) in [6.07, 6.45) is 6.68. The van der Waals surface area contributed by atoms with E-state index in [0.29, 0.717) is 6.04 Å². The van der Waals surface area contributed by atoms with Gasteiger partial charge in [-0.15, -0.1) is 0 Å². The first-order valence-electron chi connectivity index (χ1n) is 7.71. The summed E-state index contributed by atoms with van der Waals surface area (Å²) in [5.74, 6) is 0.969. The molecule has 2 atom stereocenters. The molecule has 1 aliphatic rings. The molecule has 0 aromatic carbocycles. The summed E-state index contributed by atoms with van der Waals surface area (Å²) in [6.45, 7) is 10.3. The van der Waals surface area contributed by atoms with Gasteiger partial charge in [-0.05, 0) is 58.2 Å². The second-order valence-corrected chi connectivity index (χ2v) is 5.64. The fraction of sp³-hybridized carbons (Fsp3) is 1.00. The smallest absolute Gasteiger partial charge is 0.0474 e. The van der Waals surface area contributed by atoms with Gasteiger partial charge in [0.05, 0.1) is 0 Å². The second kappa shape index (κ2) is 9.76. The van der Waals surface area contributed by atoms with E-state index in [0.717, 1.165) is 32.0 Å². The number of rotatable bonds is 8. The average molecular weight is 256 g/mol. The zero-order valence-corrected chi connectivity index (χ0v) is 12.6. The quantitative estimate of drug-likeness (QED) is 0.675. The summed E-state index contributed by atoms with van der Waals surface area (Å²) in [6, 6.07) is 0.670. The molecule has 18 heavy (non-hydrogen) atoms. The van der Waals surface area contributed by atoms with Crippen LogP contribution in [0.1, 0.15) is 46.0 Å². The van der Waals surface area contributed by atoms with E-state index in [1.54, 1.807) is 7.11 Å². The van der Waals surface area contributed by atoms with E-state index in [-0.39, 0.29) is 0 Å². The van der Waals surface area contributed by atoms with Crippen molar-refractivity contribution in [3.05, 3.63) is 0 Å². The van der Waals surface area contributed by atoms with Crippen LogP contribution in [-0.2, 0) is 4.74 Å². The van der Waals surface area contributed by atoms with Gasteiger partial charge in [-0.3, -0.25) is 4.90 Å². The van der Waals surface area contributed by atoms with E-state index in [1.165, 1.54) is 38.8 Å². The Morgan fingerprint density at radius 3 is 2.89 bits per heavy atom. The minimum absolute atomic E-state index is 0.670. The molecule has 3 heteroatoms. The Labute approximate surface area is 113 Å². The van der Waals surface area contributed by atoms with Gasteiger partial charge in [-0.25, -0.2) is 0 Å². The average Bonchev–Trinajstić information content (AvgIpc) is 2.63. The summed E-state index contributed by atoms with van der Waals surface area (Å²) < 4.78 is 5.06. The van der Waals surface area contributed by atoms with Crippen LogP contribution in [0.4, 0.5) is 0 Å². The Hall–Kier alpha value is -0.120. The molecule has 0 bridgehead atoms. The van der Waals surface area contributed by atoms with Gasteiger partial charge in [0, 0.05) is 26.3 Å². The highest BCUT2D eigenvalue weighted by atomic mass is 16.5. The van der Waals surface area contributed by atoms with Crippen molar-refractivity contribution in [3.8, 4) is 0 Å². The molecule has 0 aliphatic carbocycles. The second-order valence-electron chi connectivity index (χ2n) is 5.64. The standard InChI is InChI=1S/C15H32N2O/c1-4-15-7-5-10-17(11-8-15)14(2)13-16-9-6-12-18-3/h14-16H,4-13H2,1-3H3. The van der Waals surface area contributed by atoms with Gasteiger partial charge in [-0.1, -0.05) is 13.3 Å². The largest absolute Gasteiger partial charge is 0.385 e. The van der Waals surface area contributed by atoms with Crippen molar-refractivity contribution in [2.24, 2.45) is 5.92 Å². The van der Waals surface area contributed by atoms with Crippen molar-refractivity contribution in [3.63, 3.8) is 0 Å². The van der Waals surface area contributed by atoms with E-state index < -0.39 is 0 Å². The lowest BCUT2D eigenvalue weighted by atomic mass is 9.98. The molecular weight excluding hydrogens is 224 g/mol. The number of hydrogen-bond acceptors (Lipinski definition) is 3. The molecule has 1 N–H and O–H groups in total. The fourth-order valence-electron chi connectivity index (χ4n) is 2.82. The first-order valence-corrected chi connectivity index (χ1v) is 7.71. The predicted molar refractivity (Wildman–Crippen MR) is 78.0 cm³/mol. The molecule has 1 rings (SSSR count). The van der Waals surface area contributed by atoms with Crippen molar-refractivity contribution in [1.82, 2.24) is 10.2 Å². The number of ether oxygens (including phenoxy) is 1. The van der Waals surface area contributed by atoms with E-state index in [1.807, 2.05) is 0 Å². The van der Waals surface area contributed by atoms with Crippen molar-refractivity contribution >= 4 is 0 Å². The topological polar surface area (TPSA) is 24.5 Å². The van der Waals surface area contributed by atoms with Crippen molar-refractivity contribution < 1.29 is 4.74 Å². The molecule has 0 aromatic heterocycles. The Balaban J connectivity index is 2.14. The highest BCUT2D eigenvalue weighted by Gasteiger charge is 2.19. The number of hydrogen-bond donors (Lipinski definition) is 1. The van der Waals surface area contributed by atoms with Gasteiger partial charge >= 0.3 is 0 Å². The maximum absolute atomic E-state index is 5.06. The van der Waals surface area contributed by atoms with Crippen molar-refractivity contribution in [2.75, 3.05) is 39.9 Å². The third-order valence-corrected chi connectivity index (χ3v) is 4.22. The molecule has 0 spiro atoms. The maximum Gasteiger partial charge on any atom is 0.0474 e. The normalized spacial score (nSPS) is 23.8. The van der Waals surface area contributed by atoms with Crippen LogP contribution in [0.5, 0.6) is 0 Å². The molecule has 1 saturated heterocycles. The minimum atomic E-state index is 0.670. The first-order chi connectivity index (χ1) is 8.77. The van der Waals surface area contributed by atoms with Crippen molar-refractivity contribution in [1.29, 1.82) is 0 Å². The van der Waals surface area contributed by atoms with Gasteiger partial charge in [0.15, 0.2) is 0 Å². The van der Waals surface area contributed by atoms with Crippen LogP contribution in [0.25, 0.3) is 0 Å². The van der Waals surface area contributed by atoms with Gasteiger partial charge in [-0.2, -0.15) is 0 Å². The number of nitrogens with zero attached hydrogens (tertiary/aromatic N) is 1. The summed E-state index contributed by atoms with van der Waals surface area (Å²) >= 11 is 0. The highest BCUT2D eigenvalue weighted by Crippen LogP contribution is 2.21. The summed E-state index contributed by atoms with van der Waals surface area (Å²) in [5, 5.41) is 3.54. The first kappa shape index (κ1) is 15.9. The van der Waals surface area contributed by atoms with Crippen LogP contribution < -0.4 is 5.32 Å².